The summed E-state index contributed by atoms with van der Waals surface area (Å²) in [4.78, 5) is 24.0. The van der Waals surface area contributed by atoms with E-state index in [9.17, 15) is 9.59 Å². The maximum Gasteiger partial charge on any atom is 0.212 e. The van der Waals surface area contributed by atoms with Crippen LogP contribution < -0.4 is 0 Å². The molecule has 2 rings (SSSR count). The summed E-state index contributed by atoms with van der Waals surface area (Å²) in [6.45, 7) is 0. The summed E-state index contributed by atoms with van der Waals surface area (Å²) in [5.74, 6) is 0.386. The molecule has 2 aliphatic carbocycles. The molecule has 0 aromatic carbocycles. The maximum atomic E-state index is 12.6. The molecule has 0 heterocycles. The third-order valence-corrected chi connectivity index (χ3v) is 4.60. The maximum absolute atomic E-state index is 12.6. The van der Waals surface area contributed by atoms with Crippen LogP contribution in [0.3, 0.4) is 0 Å². The lowest BCUT2D eigenvalue weighted by molar-refractivity contribution is -0.131. The van der Waals surface area contributed by atoms with E-state index < -0.39 is 5.41 Å². The first kappa shape index (κ1) is 12.8. The normalized spacial score (nSPS) is 26.1. The summed E-state index contributed by atoms with van der Waals surface area (Å²) in [6, 6.07) is 0. The predicted octanol–water partition coefficient (Wildman–Crippen LogP) is 3.59. The Kier molecular flexibility index (Phi) is 4.36. The molecular formula is C15H23O2. The van der Waals surface area contributed by atoms with Gasteiger partial charge in [0.05, 0.1) is 5.41 Å². The second-order valence-electron chi connectivity index (χ2n) is 5.80. The first-order valence-electron chi connectivity index (χ1n) is 7.22. The van der Waals surface area contributed by atoms with Gasteiger partial charge in [0.2, 0.25) is 6.29 Å². The van der Waals surface area contributed by atoms with Gasteiger partial charge in [-0.15, -0.1) is 0 Å². The SMILES string of the molecule is O=[C]C1(C(=O)C2CCCCC2)CCCCCC1. The van der Waals surface area contributed by atoms with Gasteiger partial charge in [-0.25, -0.2) is 0 Å². The standard InChI is InChI=1S/C15H23O2/c16-12-15(10-6-1-2-7-11-15)14(17)13-8-4-3-5-9-13/h13H,1-11H2. The highest BCUT2D eigenvalue weighted by Gasteiger charge is 2.42. The molecule has 1 radical (unpaired) electrons. The molecule has 95 valence electrons. The zero-order chi connectivity index (χ0) is 12.1. The Morgan fingerprint density at radius 2 is 1.41 bits per heavy atom. The Morgan fingerprint density at radius 1 is 0.882 bits per heavy atom. The number of hydrogen-bond acceptors (Lipinski definition) is 2. The van der Waals surface area contributed by atoms with Gasteiger partial charge in [0.1, 0.15) is 5.78 Å². The van der Waals surface area contributed by atoms with Gasteiger partial charge in [0.15, 0.2) is 0 Å². The highest BCUT2D eigenvalue weighted by atomic mass is 16.1. The second-order valence-corrected chi connectivity index (χ2v) is 5.80. The van der Waals surface area contributed by atoms with Crippen LogP contribution in [0.1, 0.15) is 70.6 Å². The van der Waals surface area contributed by atoms with Crippen molar-refractivity contribution >= 4 is 12.1 Å². The molecule has 2 fully saturated rings. The minimum Gasteiger partial charge on any atom is -0.298 e. The van der Waals surface area contributed by atoms with Gasteiger partial charge in [0, 0.05) is 5.92 Å². The van der Waals surface area contributed by atoms with Crippen LogP contribution in [0.15, 0.2) is 0 Å². The van der Waals surface area contributed by atoms with Crippen molar-refractivity contribution in [2.75, 3.05) is 0 Å². The van der Waals surface area contributed by atoms with Crippen LogP contribution in [-0.2, 0) is 9.59 Å². The highest BCUT2D eigenvalue weighted by molar-refractivity contribution is 5.99. The van der Waals surface area contributed by atoms with Crippen molar-refractivity contribution in [1.82, 2.24) is 0 Å². The Morgan fingerprint density at radius 3 is 1.94 bits per heavy atom. The monoisotopic (exact) mass is 235 g/mol. The molecule has 0 spiro atoms. The first-order chi connectivity index (χ1) is 8.28. The van der Waals surface area contributed by atoms with Crippen LogP contribution >= 0.6 is 0 Å². The lowest BCUT2D eigenvalue weighted by Crippen LogP contribution is -2.38. The van der Waals surface area contributed by atoms with E-state index in [2.05, 4.69) is 6.29 Å². The minimum absolute atomic E-state index is 0.156. The molecule has 0 aromatic rings. The summed E-state index contributed by atoms with van der Waals surface area (Å²) < 4.78 is 0. The Hall–Kier alpha value is -0.660. The third kappa shape index (κ3) is 2.78. The van der Waals surface area contributed by atoms with Gasteiger partial charge in [-0.2, -0.15) is 0 Å². The summed E-state index contributed by atoms with van der Waals surface area (Å²) in [5, 5.41) is 0. The molecule has 0 saturated heterocycles. The molecule has 2 nitrogen and oxygen atoms in total. The number of carbonyl (C=O) groups is 1. The lowest BCUT2D eigenvalue weighted by atomic mass is 9.70. The molecule has 17 heavy (non-hydrogen) atoms. The first-order valence-corrected chi connectivity index (χ1v) is 7.22. The van der Waals surface area contributed by atoms with Crippen LogP contribution in [0.2, 0.25) is 0 Å². The molecule has 0 amide bonds. The summed E-state index contributed by atoms with van der Waals surface area (Å²) in [5.41, 5.74) is -0.724. The molecule has 2 aliphatic rings. The largest absolute Gasteiger partial charge is 0.298 e. The Bertz CT molecular complexity index is 269. The van der Waals surface area contributed by atoms with Gasteiger partial charge in [-0.05, 0) is 25.7 Å². The number of hydrogen-bond donors (Lipinski definition) is 0. The molecule has 0 aromatic heterocycles. The van der Waals surface area contributed by atoms with E-state index in [4.69, 9.17) is 0 Å². The van der Waals surface area contributed by atoms with Crippen molar-refractivity contribution in [2.24, 2.45) is 11.3 Å². The average molecular weight is 235 g/mol. The zero-order valence-corrected chi connectivity index (χ0v) is 10.7. The smallest absolute Gasteiger partial charge is 0.212 e. The quantitative estimate of drug-likeness (QED) is 0.553. The number of Topliss-reactive ketones (excluding diaryl/α,β-unsaturated/α-hetero) is 1. The molecular weight excluding hydrogens is 212 g/mol. The second kappa shape index (κ2) is 5.79. The molecule has 0 aliphatic heterocycles. The topological polar surface area (TPSA) is 34.1 Å². The van der Waals surface area contributed by atoms with Crippen molar-refractivity contribution in [3.63, 3.8) is 0 Å². The Balaban J connectivity index is 2.09. The van der Waals surface area contributed by atoms with Gasteiger partial charge < -0.3 is 0 Å². The predicted molar refractivity (Wildman–Crippen MR) is 67.4 cm³/mol. The van der Waals surface area contributed by atoms with Crippen LogP contribution in [0, 0.1) is 11.3 Å². The van der Waals surface area contributed by atoms with E-state index in [1.807, 2.05) is 0 Å². The van der Waals surface area contributed by atoms with Crippen LogP contribution in [0.25, 0.3) is 0 Å². The zero-order valence-electron chi connectivity index (χ0n) is 10.7. The van der Waals surface area contributed by atoms with Crippen molar-refractivity contribution in [2.45, 2.75) is 70.6 Å². The van der Waals surface area contributed by atoms with Crippen molar-refractivity contribution in [3.05, 3.63) is 0 Å². The van der Waals surface area contributed by atoms with Crippen molar-refractivity contribution < 1.29 is 9.59 Å². The number of rotatable bonds is 3. The van der Waals surface area contributed by atoms with Gasteiger partial charge in [0.25, 0.3) is 0 Å². The lowest BCUT2D eigenvalue weighted by Gasteiger charge is -2.30. The van der Waals surface area contributed by atoms with Crippen LogP contribution in [-0.4, -0.2) is 12.1 Å². The van der Waals surface area contributed by atoms with Gasteiger partial charge >= 0.3 is 0 Å². The van der Waals surface area contributed by atoms with E-state index in [1.165, 1.54) is 19.3 Å². The van der Waals surface area contributed by atoms with E-state index in [0.29, 0.717) is 0 Å². The molecule has 0 bridgehead atoms. The van der Waals surface area contributed by atoms with Gasteiger partial charge in [-0.1, -0.05) is 44.9 Å². The highest BCUT2D eigenvalue weighted by Crippen LogP contribution is 2.39. The molecule has 0 atom stereocenters. The van der Waals surface area contributed by atoms with Crippen molar-refractivity contribution in [3.8, 4) is 0 Å². The Labute approximate surface area is 104 Å². The summed E-state index contributed by atoms with van der Waals surface area (Å²) in [7, 11) is 0. The molecule has 0 unspecified atom stereocenters. The van der Waals surface area contributed by atoms with Crippen LogP contribution in [0.5, 0.6) is 0 Å². The molecule has 2 heteroatoms. The van der Waals surface area contributed by atoms with E-state index in [1.54, 1.807) is 0 Å². The summed E-state index contributed by atoms with van der Waals surface area (Å²) >= 11 is 0. The van der Waals surface area contributed by atoms with Gasteiger partial charge in [-0.3, -0.25) is 9.59 Å². The molecule has 0 N–H and O–H groups in total. The summed E-state index contributed by atoms with van der Waals surface area (Å²) in [6.07, 6.45) is 13.6. The third-order valence-electron chi connectivity index (χ3n) is 4.60. The molecule has 2 saturated carbocycles. The van der Waals surface area contributed by atoms with Crippen molar-refractivity contribution in [1.29, 1.82) is 0 Å². The van der Waals surface area contributed by atoms with Crippen LogP contribution in [0.4, 0.5) is 0 Å². The fourth-order valence-electron chi connectivity index (χ4n) is 3.49. The minimum atomic E-state index is -0.724. The van der Waals surface area contributed by atoms with E-state index in [0.717, 1.165) is 51.4 Å². The fraction of sp³-hybridized carbons (Fsp3) is 0.867. The number of carbonyl (C=O) groups excluding carboxylic acids is 2. The van der Waals surface area contributed by atoms with E-state index in [-0.39, 0.29) is 11.7 Å². The number of ketones is 1. The van der Waals surface area contributed by atoms with E-state index >= 15 is 0 Å². The average Bonchev–Trinajstić information content (AvgIpc) is 2.65. The fourth-order valence-corrected chi connectivity index (χ4v) is 3.49.